The maximum atomic E-state index is 12.5. The molecule has 1 amide bonds. The number of fused-ring (bicyclic) bond motifs is 1. The Morgan fingerprint density at radius 3 is 2.52 bits per heavy atom. The molecule has 2 aromatic carbocycles. The van der Waals surface area contributed by atoms with Crippen LogP contribution in [-0.2, 0) is 11.2 Å². The van der Waals surface area contributed by atoms with Crippen molar-refractivity contribution in [1.29, 1.82) is 0 Å². The Balaban J connectivity index is 1.23. The molecular formula is C29H33N7O4. The topological polar surface area (TPSA) is 124 Å². The summed E-state index contributed by atoms with van der Waals surface area (Å²) in [5.74, 6) is 1.74. The third-order valence-electron chi connectivity index (χ3n) is 6.66. The Morgan fingerprint density at radius 1 is 1.02 bits per heavy atom. The van der Waals surface area contributed by atoms with Gasteiger partial charge in [0, 0.05) is 36.7 Å². The Morgan fingerprint density at radius 2 is 1.80 bits per heavy atom. The number of nitrogens with one attached hydrogen (secondary N) is 2. The predicted octanol–water partition coefficient (Wildman–Crippen LogP) is 4.09. The van der Waals surface area contributed by atoms with Crippen molar-refractivity contribution >= 4 is 34.3 Å². The van der Waals surface area contributed by atoms with E-state index in [-0.39, 0.29) is 11.9 Å². The van der Waals surface area contributed by atoms with Crippen molar-refractivity contribution in [3.05, 3.63) is 66.2 Å². The van der Waals surface area contributed by atoms with Crippen LogP contribution in [0.25, 0.3) is 10.9 Å². The van der Waals surface area contributed by atoms with E-state index in [2.05, 4.69) is 42.4 Å². The molecule has 208 valence electrons. The number of carbonyl (C=O) groups is 1. The number of morpholine rings is 1. The first-order valence-corrected chi connectivity index (χ1v) is 13.4. The van der Waals surface area contributed by atoms with Crippen LogP contribution in [0.5, 0.6) is 11.5 Å². The van der Waals surface area contributed by atoms with Crippen molar-refractivity contribution in [3.63, 3.8) is 0 Å². The second-order valence-electron chi connectivity index (χ2n) is 9.32. The Kier molecular flexibility index (Phi) is 8.94. The molecule has 40 heavy (non-hydrogen) atoms. The van der Waals surface area contributed by atoms with Crippen molar-refractivity contribution < 1.29 is 19.0 Å². The molecular weight excluding hydrogens is 510 g/mol. The number of aryl methyl sites for hydroxylation is 1. The van der Waals surface area contributed by atoms with Gasteiger partial charge in [0.15, 0.2) is 11.5 Å². The highest BCUT2D eigenvalue weighted by atomic mass is 16.5. The van der Waals surface area contributed by atoms with Gasteiger partial charge in [0.05, 0.1) is 50.5 Å². The number of carbonyl (C=O) groups excluding carboxylic acids is 1. The Bertz CT molecular complexity index is 1430. The standard InChI is InChI=1S/C29H33N7O4/c1-3-20-5-7-21(8-6-20)28(37)35-29-30-17-22(18-31-29)34-27-23-15-25(38-2)26(16-24(23)32-19-33-27)40-12-4-9-36-10-13-39-14-11-36/h5-8,15-19H,3-4,9-14H2,1-2H3,(H,32,33,34)(H,30,31,35,37). The van der Waals surface area contributed by atoms with Crippen molar-refractivity contribution in [2.75, 3.05) is 57.2 Å². The minimum absolute atomic E-state index is 0.208. The van der Waals surface area contributed by atoms with Gasteiger partial charge >= 0.3 is 0 Å². The average Bonchev–Trinajstić information content (AvgIpc) is 3.00. The number of methoxy groups -OCH3 is 1. The molecule has 1 saturated heterocycles. The summed E-state index contributed by atoms with van der Waals surface area (Å²) in [6, 6.07) is 11.2. The molecule has 0 saturated carbocycles. The van der Waals surface area contributed by atoms with Crippen LogP contribution in [0, 0.1) is 0 Å². The highest BCUT2D eigenvalue weighted by molar-refractivity contribution is 6.03. The number of hydrogen-bond donors (Lipinski definition) is 2. The maximum Gasteiger partial charge on any atom is 0.258 e. The number of benzene rings is 2. The second kappa shape index (κ2) is 13.1. The van der Waals surface area contributed by atoms with Gasteiger partial charge in [0.2, 0.25) is 5.95 Å². The lowest BCUT2D eigenvalue weighted by molar-refractivity contribution is 0.0357. The van der Waals surface area contributed by atoms with Crippen LogP contribution in [0.4, 0.5) is 17.5 Å². The molecule has 0 aliphatic carbocycles. The largest absolute Gasteiger partial charge is 0.493 e. The fraction of sp³-hybridized carbons (Fsp3) is 0.345. The molecule has 2 aromatic heterocycles. The summed E-state index contributed by atoms with van der Waals surface area (Å²) in [4.78, 5) is 32.3. The number of hydrogen-bond acceptors (Lipinski definition) is 10. The van der Waals surface area contributed by atoms with Gasteiger partial charge in [-0.1, -0.05) is 19.1 Å². The van der Waals surface area contributed by atoms with Gasteiger partial charge in [0.25, 0.3) is 5.91 Å². The van der Waals surface area contributed by atoms with Crippen molar-refractivity contribution in [2.24, 2.45) is 0 Å². The van der Waals surface area contributed by atoms with Gasteiger partial charge in [-0.25, -0.2) is 19.9 Å². The summed E-state index contributed by atoms with van der Waals surface area (Å²) in [7, 11) is 1.61. The maximum absolute atomic E-state index is 12.5. The summed E-state index contributed by atoms with van der Waals surface area (Å²) < 4.78 is 17.1. The number of amides is 1. The first kappa shape index (κ1) is 27.2. The fourth-order valence-corrected chi connectivity index (χ4v) is 4.39. The Labute approximate surface area is 232 Å². The molecule has 1 aliphatic rings. The zero-order valence-electron chi connectivity index (χ0n) is 22.7. The second-order valence-corrected chi connectivity index (χ2v) is 9.32. The molecule has 11 nitrogen and oxygen atoms in total. The molecule has 2 N–H and O–H groups in total. The predicted molar refractivity (Wildman–Crippen MR) is 153 cm³/mol. The van der Waals surface area contributed by atoms with Gasteiger partial charge in [0.1, 0.15) is 12.1 Å². The highest BCUT2D eigenvalue weighted by Gasteiger charge is 2.14. The third kappa shape index (κ3) is 6.80. The lowest BCUT2D eigenvalue weighted by Crippen LogP contribution is -2.37. The third-order valence-corrected chi connectivity index (χ3v) is 6.66. The summed E-state index contributed by atoms with van der Waals surface area (Å²) >= 11 is 0. The molecule has 1 fully saturated rings. The zero-order chi connectivity index (χ0) is 27.7. The number of rotatable bonds is 11. The zero-order valence-corrected chi connectivity index (χ0v) is 22.7. The number of anilines is 3. The number of nitrogens with zero attached hydrogens (tertiary/aromatic N) is 5. The van der Waals surface area contributed by atoms with Crippen LogP contribution < -0.4 is 20.1 Å². The van der Waals surface area contributed by atoms with Crippen LogP contribution in [0.15, 0.2) is 55.1 Å². The SMILES string of the molecule is CCc1ccc(C(=O)Nc2ncc(Nc3ncnc4cc(OCCCN5CCOCC5)c(OC)cc34)cn2)cc1. The van der Waals surface area contributed by atoms with Gasteiger partial charge in [-0.2, -0.15) is 0 Å². The molecule has 5 rings (SSSR count). The first-order chi connectivity index (χ1) is 19.6. The molecule has 0 spiro atoms. The van der Waals surface area contributed by atoms with E-state index < -0.39 is 0 Å². The molecule has 1 aliphatic heterocycles. The lowest BCUT2D eigenvalue weighted by atomic mass is 10.1. The van der Waals surface area contributed by atoms with E-state index in [1.807, 2.05) is 24.3 Å². The molecule has 0 atom stereocenters. The van der Waals surface area contributed by atoms with Gasteiger partial charge in [-0.15, -0.1) is 0 Å². The minimum atomic E-state index is -0.267. The van der Waals surface area contributed by atoms with Crippen molar-refractivity contribution in [2.45, 2.75) is 19.8 Å². The van der Waals surface area contributed by atoms with Crippen LogP contribution in [0.2, 0.25) is 0 Å². The normalized spacial score (nSPS) is 13.7. The highest BCUT2D eigenvalue weighted by Crippen LogP contribution is 2.34. The molecule has 0 radical (unpaired) electrons. The molecule has 11 heteroatoms. The van der Waals surface area contributed by atoms with Crippen LogP contribution in [0.3, 0.4) is 0 Å². The van der Waals surface area contributed by atoms with E-state index in [4.69, 9.17) is 14.2 Å². The van der Waals surface area contributed by atoms with Crippen LogP contribution in [0.1, 0.15) is 29.3 Å². The van der Waals surface area contributed by atoms with E-state index in [1.54, 1.807) is 31.6 Å². The smallest absolute Gasteiger partial charge is 0.258 e. The van der Waals surface area contributed by atoms with E-state index in [0.29, 0.717) is 40.7 Å². The van der Waals surface area contributed by atoms with Gasteiger partial charge < -0.3 is 19.5 Å². The fourth-order valence-electron chi connectivity index (χ4n) is 4.39. The molecule has 0 bridgehead atoms. The van der Waals surface area contributed by atoms with Crippen LogP contribution in [-0.4, -0.2) is 77.3 Å². The summed E-state index contributed by atoms with van der Waals surface area (Å²) in [5, 5.41) is 6.71. The number of aromatic nitrogens is 4. The van der Waals surface area contributed by atoms with Crippen molar-refractivity contribution in [3.8, 4) is 11.5 Å². The molecule has 0 unspecified atom stereocenters. The summed E-state index contributed by atoms with van der Waals surface area (Å²) in [6.07, 6.45) is 6.47. The van der Waals surface area contributed by atoms with Crippen molar-refractivity contribution in [1.82, 2.24) is 24.8 Å². The monoisotopic (exact) mass is 543 g/mol. The minimum Gasteiger partial charge on any atom is -0.493 e. The lowest BCUT2D eigenvalue weighted by Gasteiger charge is -2.26. The first-order valence-electron chi connectivity index (χ1n) is 13.4. The molecule has 4 aromatic rings. The molecule has 3 heterocycles. The number of ether oxygens (including phenoxy) is 3. The van der Waals surface area contributed by atoms with E-state index in [9.17, 15) is 4.79 Å². The van der Waals surface area contributed by atoms with Gasteiger partial charge in [-0.05, 0) is 36.6 Å². The quantitative estimate of drug-likeness (QED) is 0.267. The summed E-state index contributed by atoms with van der Waals surface area (Å²) in [6.45, 7) is 7.10. The van der Waals surface area contributed by atoms with Gasteiger partial charge in [-0.3, -0.25) is 15.0 Å². The van der Waals surface area contributed by atoms with E-state index >= 15 is 0 Å². The average molecular weight is 544 g/mol. The van der Waals surface area contributed by atoms with E-state index in [0.717, 1.165) is 51.1 Å². The van der Waals surface area contributed by atoms with Crippen LogP contribution >= 0.6 is 0 Å². The van der Waals surface area contributed by atoms with E-state index in [1.165, 1.54) is 11.9 Å². The Hall–Kier alpha value is -4.35. The summed E-state index contributed by atoms with van der Waals surface area (Å²) in [5.41, 5.74) is 3.03.